The predicted octanol–water partition coefficient (Wildman–Crippen LogP) is 17.7. The molecule has 0 bridgehead atoms. The largest absolute Gasteiger partial charge is 0.456 e. The van der Waals surface area contributed by atoms with Crippen molar-refractivity contribution < 1.29 is 4.42 Å². The first kappa shape index (κ1) is 37.3. The molecule has 3 aliphatic rings. The van der Waals surface area contributed by atoms with Crippen LogP contribution >= 0.6 is 11.3 Å². The highest BCUT2D eigenvalue weighted by Crippen LogP contribution is 2.64. The Morgan fingerprint density at radius 3 is 1.70 bits per heavy atom. The van der Waals surface area contributed by atoms with Crippen LogP contribution in [-0.2, 0) is 10.8 Å². The van der Waals surface area contributed by atoms with Crippen molar-refractivity contribution in [2.45, 2.75) is 24.7 Å². The number of furan rings is 1. The van der Waals surface area contributed by atoms with Crippen LogP contribution in [0.5, 0.6) is 0 Å². The van der Waals surface area contributed by atoms with Gasteiger partial charge in [0.2, 0.25) is 0 Å². The zero-order valence-electron chi connectivity index (χ0n) is 37.0. The molecular weight excluding hydrogens is 831 g/mol. The molecule has 0 radical (unpaired) electrons. The molecule has 0 saturated carbocycles. The number of hydrogen-bond donors (Lipinski definition) is 0. The second-order valence-corrected chi connectivity index (χ2v) is 20.1. The number of benzene rings is 10. The lowest BCUT2D eigenvalue weighted by molar-refractivity contribution is 0.660. The smallest absolute Gasteiger partial charge is 0.137 e. The number of hydrogen-bond acceptors (Lipinski definition) is 3. The van der Waals surface area contributed by atoms with Gasteiger partial charge in [-0.05, 0) is 121 Å². The molecule has 314 valence electrons. The quantitative estimate of drug-likeness (QED) is 0.176. The zero-order valence-corrected chi connectivity index (χ0v) is 37.8. The van der Waals surface area contributed by atoms with Crippen LogP contribution in [0.15, 0.2) is 217 Å². The van der Waals surface area contributed by atoms with Gasteiger partial charge in [-0.15, -0.1) is 11.3 Å². The highest BCUT2D eigenvalue weighted by atomic mass is 32.1. The summed E-state index contributed by atoms with van der Waals surface area (Å²) in [5, 5.41) is 4.89. The van der Waals surface area contributed by atoms with Crippen molar-refractivity contribution in [3.05, 3.63) is 246 Å². The van der Waals surface area contributed by atoms with Crippen molar-refractivity contribution in [2.75, 3.05) is 4.90 Å². The molecule has 0 aliphatic heterocycles. The average Bonchev–Trinajstić information content (AvgIpc) is 4.07. The van der Waals surface area contributed by atoms with Gasteiger partial charge in [-0.1, -0.05) is 172 Å². The van der Waals surface area contributed by atoms with E-state index in [-0.39, 0.29) is 5.41 Å². The van der Waals surface area contributed by atoms with Crippen LogP contribution < -0.4 is 4.90 Å². The number of anilines is 3. The van der Waals surface area contributed by atoms with E-state index in [9.17, 15) is 0 Å². The third-order valence-corrected chi connectivity index (χ3v) is 16.7. The molecule has 2 nitrogen and oxygen atoms in total. The molecule has 0 saturated heterocycles. The van der Waals surface area contributed by atoms with Crippen LogP contribution in [0, 0.1) is 0 Å². The Bertz CT molecular complexity index is 4110. The molecule has 3 heteroatoms. The van der Waals surface area contributed by atoms with Crippen molar-refractivity contribution in [3.8, 4) is 44.5 Å². The Balaban J connectivity index is 1.03. The fraction of sp³-hybridized carbons (Fsp3) is 0.0625. The molecule has 3 aliphatic carbocycles. The Hall–Kier alpha value is -7.98. The van der Waals surface area contributed by atoms with Gasteiger partial charge in [-0.2, -0.15) is 0 Å². The molecule has 12 aromatic rings. The van der Waals surface area contributed by atoms with E-state index >= 15 is 0 Å². The van der Waals surface area contributed by atoms with Crippen LogP contribution in [0.4, 0.5) is 17.1 Å². The Morgan fingerprint density at radius 1 is 0.358 bits per heavy atom. The summed E-state index contributed by atoms with van der Waals surface area (Å²) in [6, 6.07) is 79.7. The standard InChI is InChI=1S/C64H41NOS/c1-63(2)52-22-10-5-18-44(52)45-30-27-39(36-57(45)63)65(40-28-31-47-46-19-8-13-25-58(46)66-59(47)37-40)38-29-33-55-51(35-38)42-16-4-3-15-41(42)43-17-6-11-23-53(43)64(55)54-24-12-7-21-50(54)61-56(64)34-32-49-48-20-9-14-26-60(48)67-62(49)61/h3-37H,1-2H3. The molecule has 0 amide bonds. The lowest BCUT2D eigenvalue weighted by Crippen LogP contribution is -2.29. The third-order valence-electron chi connectivity index (χ3n) is 15.5. The minimum absolute atomic E-state index is 0.162. The van der Waals surface area contributed by atoms with Gasteiger partial charge in [0.05, 0.1) is 5.41 Å². The minimum Gasteiger partial charge on any atom is -0.456 e. The molecule has 15 rings (SSSR count). The summed E-state index contributed by atoms with van der Waals surface area (Å²) in [6.45, 7) is 4.74. The van der Waals surface area contributed by atoms with Crippen molar-refractivity contribution in [2.24, 2.45) is 0 Å². The van der Waals surface area contributed by atoms with Gasteiger partial charge < -0.3 is 9.32 Å². The topological polar surface area (TPSA) is 16.4 Å². The average molecular weight is 872 g/mol. The Labute approximate surface area is 392 Å². The van der Waals surface area contributed by atoms with Crippen LogP contribution in [0.2, 0.25) is 0 Å². The summed E-state index contributed by atoms with van der Waals surface area (Å²) in [7, 11) is 0. The fourth-order valence-electron chi connectivity index (χ4n) is 12.6. The number of para-hydroxylation sites is 1. The predicted molar refractivity (Wildman–Crippen MR) is 281 cm³/mol. The molecular formula is C64H41NOS. The molecule has 0 N–H and O–H groups in total. The maximum atomic E-state index is 6.61. The van der Waals surface area contributed by atoms with Crippen molar-refractivity contribution >= 4 is 70.5 Å². The number of nitrogens with zero attached hydrogens (tertiary/aromatic N) is 1. The third kappa shape index (κ3) is 4.84. The summed E-state index contributed by atoms with van der Waals surface area (Å²) in [5.41, 5.74) is 22.5. The number of rotatable bonds is 3. The molecule has 2 aromatic heterocycles. The van der Waals surface area contributed by atoms with Gasteiger partial charge in [0, 0.05) is 65.1 Å². The SMILES string of the molecule is CC1(C)c2ccccc2-c2ccc(N(c3ccc4c(c3)-c3ccccc3-c3ccccc3C43c4ccccc4-c4c3ccc3c4sc4ccccc43)c3ccc4c(c3)oc3ccccc34)cc21. The summed E-state index contributed by atoms with van der Waals surface area (Å²) in [6.07, 6.45) is 0. The summed E-state index contributed by atoms with van der Waals surface area (Å²) in [5.74, 6) is 0. The monoisotopic (exact) mass is 871 g/mol. The highest BCUT2D eigenvalue weighted by Gasteiger charge is 2.50. The molecule has 0 fully saturated rings. The van der Waals surface area contributed by atoms with E-state index in [1.165, 1.54) is 98.1 Å². The first-order valence-corrected chi connectivity index (χ1v) is 24.1. The lowest BCUT2D eigenvalue weighted by Gasteiger charge is -2.36. The molecule has 1 unspecified atom stereocenters. The molecule has 1 atom stereocenters. The van der Waals surface area contributed by atoms with Gasteiger partial charge in [-0.25, -0.2) is 0 Å². The van der Waals surface area contributed by atoms with E-state index in [4.69, 9.17) is 4.42 Å². The van der Waals surface area contributed by atoms with Crippen LogP contribution in [0.1, 0.15) is 47.2 Å². The van der Waals surface area contributed by atoms with Crippen molar-refractivity contribution in [1.29, 1.82) is 0 Å². The second-order valence-electron chi connectivity index (χ2n) is 19.1. The first-order valence-electron chi connectivity index (χ1n) is 23.3. The van der Waals surface area contributed by atoms with E-state index in [1.54, 1.807) is 0 Å². The molecule has 67 heavy (non-hydrogen) atoms. The highest BCUT2D eigenvalue weighted by molar-refractivity contribution is 7.26. The van der Waals surface area contributed by atoms with Gasteiger partial charge >= 0.3 is 0 Å². The van der Waals surface area contributed by atoms with Crippen molar-refractivity contribution in [3.63, 3.8) is 0 Å². The van der Waals surface area contributed by atoms with Crippen LogP contribution in [-0.4, -0.2) is 0 Å². The first-order chi connectivity index (χ1) is 33.0. The van der Waals surface area contributed by atoms with Crippen LogP contribution in [0.3, 0.4) is 0 Å². The zero-order chi connectivity index (χ0) is 44.2. The van der Waals surface area contributed by atoms with Crippen molar-refractivity contribution in [1.82, 2.24) is 0 Å². The molecule has 10 aromatic carbocycles. The number of fused-ring (bicyclic) bond motifs is 22. The number of thiophene rings is 1. The maximum absolute atomic E-state index is 6.61. The maximum Gasteiger partial charge on any atom is 0.137 e. The van der Waals surface area contributed by atoms with Gasteiger partial charge in [0.25, 0.3) is 0 Å². The fourth-order valence-corrected chi connectivity index (χ4v) is 13.9. The normalized spacial score (nSPS) is 15.8. The van der Waals surface area contributed by atoms with Gasteiger partial charge in [0.1, 0.15) is 11.2 Å². The van der Waals surface area contributed by atoms with E-state index in [1.807, 2.05) is 17.4 Å². The second kappa shape index (κ2) is 13.3. The van der Waals surface area contributed by atoms with E-state index in [2.05, 4.69) is 225 Å². The molecule has 1 spiro atoms. The van der Waals surface area contributed by atoms with E-state index in [0.29, 0.717) is 0 Å². The minimum atomic E-state index is -0.596. The van der Waals surface area contributed by atoms with Crippen LogP contribution in [0.25, 0.3) is 86.6 Å². The van der Waals surface area contributed by atoms with E-state index in [0.717, 1.165) is 39.0 Å². The summed E-state index contributed by atoms with van der Waals surface area (Å²) in [4.78, 5) is 2.46. The summed E-state index contributed by atoms with van der Waals surface area (Å²) < 4.78 is 9.29. The Kier molecular flexibility index (Phi) is 7.41. The van der Waals surface area contributed by atoms with Gasteiger partial charge in [-0.3, -0.25) is 0 Å². The summed E-state index contributed by atoms with van der Waals surface area (Å²) >= 11 is 1.93. The lowest BCUT2D eigenvalue weighted by atomic mass is 9.66. The Morgan fingerprint density at radius 2 is 0.881 bits per heavy atom. The van der Waals surface area contributed by atoms with E-state index < -0.39 is 5.41 Å². The van der Waals surface area contributed by atoms with Gasteiger partial charge in [0.15, 0.2) is 0 Å². The molecule has 2 heterocycles.